The molecule has 0 nitrogen and oxygen atoms in total. The summed E-state index contributed by atoms with van der Waals surface area (Å²) in [5.41, 5.74) is 0. The van der Waals surface area contributed by atoms with E-state index in [9.17, 15) is 0 Å². The van der Waals surface area contributed by atoms with Gasteiger partial charge in [0.25, 0.3) is 0 Å². The minimum absolute atomic E-state index is 0.298. The fourth-order valence-corrected chi connectivity index (χ4v) is 6.83. The van der Waals surface area contributed by atoms with Crippen LogP contribution in [0, 0.1) is 0 Å². The van der Waals surface area contributed by atoms with Crippen molar-refractivity contribution in [3.63, 3.8) is 0 Å². The van der Waals surface area contributed by atoms with E-state index in [0.29, 0.717) is 0 Å². The molecule has 0 N–H and O–H groups in total. The molecule has 1 aliphatic carbocycles. The van der Waals surface area contributed by atoms with Crippen molar-refractivity contribution in [2.24, 2.45) is 0 Å². The van der Waals surface area contributed by atoms with Gasteiger partial charge in [0.2, 0.25) is 0 Å². The SMILES string of the molecule is CCC(C)S(C)(CC)CSC1CC1. The van der Waals surface area contributed by atoms with Gasteiger partial charge in [-0.3, -0.25) is 0 Å². The van der Waals surface area contributed by atoms with Crippen LogP contribution in [0.5, 0.6) is 0 Å². The van der Waals surface area contributed by atoms with Crippen LogP contribution in [-0.4, -0.2) is 27.6 Å². The quantitative estimate of drug-likeness (QED) is 0.649. The molecule has 0 radical (unpaired) electrons. The Hall–Kier alpha value is 0.700. The van der Waals surface area contributed by atoms with Crippen LogP contribution in [0.25, 0.3) is 0 Å². The van der Waals surface area contributed by atoms with Gasteiger partial charge >= 0.3 is 0 Å². The summed E-state index contributed by atoms with van der Waals surface area (Å²) >= 11 is 2.25. The highest BCUT2D eigenvalue weighted by atomic mass is 32.3. The Morgan fingerprint density at radius 2 is 2.00 bits per heavy atom. The van der Waals surface area contributed by atoms with E-state index in [4.69, 9.17) is 0 Å². The Balaban J connectivity index is 2.35. The first-order valence-electron chi connectivity index (χ1n) is 5.46. The fourth-order valence-electron chi connectivity index (χ4n) is 1.37. The second kappa shape index (κ2) is 4.97. The van der Waals surface area contributed by atoms with E-state index in [2.05, 4.69) is 38.8 Å². The van der Waals surface area contributed by atoms with E-state index in [-0.39, 0.29) is 10.0 Å². The zero-order valence-corrected chi connectivity index (χ0v) is 11.1. The molecule has 1 aliphatic rings. The van der Waals surface area contributed by atoms with Crippen molar-refractivity contribution < 1.29 is 0 Å². The highest BCUT2D eigenvalue weighted by Crippen LogP contribution is 2.54. The summed E-state index contributed by atoms with van der Waals surface area (Å²) < 4.78 is 0. The van der Waals surface area contributed by atoms with Crippen LogP contribution in [0.15, 0.2) is 0 Å². The molecular formula is C11H24S2. The van der Waals surface area contributed by atoms with Crippen LogP contribution in [0.4, 0.5) is 0 Å². The lowest BCUT2D eigenvalue weighted by molar-refractivity contribution is 0.892. The van der Waals surface area contributed by atoms with Gasteiger partial charge in [-0.25, -0.2) is 10.0 Å². The fraction of sp³-hybridized carbons (Fsp3) is 1.00. The highest BCUT2D eigenvalue weighted by molar-refractivity contribution is 8.39. The molecule has 1 saturated carbocycles. The van der Waals surface area contributed by atoms with Crippen molar-refractivity contribution in [2.45, 2.75) is 50.5 Å². The maximum absolute atomic E-state index is 2.55. The Labute approximate surface area is 89.6 Å². The smallest absolute Gasteiger partial charge is 0.0238 e. The lowest BCUT2D eigenvalue weighted by Gasteiger charge is -2.40. The Bertz CT molecular complexity index is 154. The summed E-state index contributed by atoms with van der Waals surface area (Å²) in [6.45, 7) is 7.18. The maximum atomic E-state index is 2.55. The first-order chi connectivity index (χ1) is 6.12. The zero-order valence-electron chi connectivity index (χ0n) is 9.51. The van der Waals surface area contributed by atoms with Gasteiger partial charge in [0, 0.05) is 10.3 Å². The summed E-state index contributed by atoms with van der Waals surface area (Å²) in [6.07, 6.45) is 6.90. The van der Waals surface area contributed by atoms with Crippen molar-refractivity contribution in [3.05, 3.63) is 0 Å². The molecule has 0 bridgehead atoms. The van der Waals surface area contributed by atoms with Gasteiger partial charge in [-0.1, -0.05) is 20.8 Å². The molecular weight excluding hydrogens is 196 g/mol. The average molecular weight is 220 g/mol. The second-order valence-electron chi connectivity index (χ2n) is 4.34. The summed E-state index contributed by atoms with van der Waals surface area (Å²) in [5, 5.41) is 3.47. The molecule has 2 heteroatoms. The van der Waals surface area contributed by atoms with Gasteiger partial charge in [0.1, 0.15) is 0 Å². The predicted molar refractivity (Wildman–Crippen MR) is 69.3 cm³/mol. The van der Waals surface area contributed by atoms with E-state index in [0.717, 1.165) is 10.5 Å². The molecule has 0 saturated heterocycles. The van der Waals surface area contributed by atoms with Crippen molar-refractivity contribution in [3.8, 4) is 0 Å². The molecule has 1 rings (SSSR count). The van der Waals surface area contributed by atoms with Crippen LogP contribution in [0.1, 0.15) is 40.0 Å². The summed E-state index contributed by atoms with van der Waals surface area (Å²) in [4.78, 5) is 0. The summed E-state index contributed by atoms with van der Waals surface area (Å²) in [6, 6.07) is 0. The zero-order chi connectivity index (χ0) is 9.90. The molecule has 0 amide bonds. The number of hydrogen-bond donors (Lipinski definition) is 0. The molecule has 0 aliphatic heterocycles. The van der Waals surface area contributed by atoms with E-state index in [1.165, 1.54) is 30.1 Å². The van der Waals surface area contributed by atoms with E-state index in [1.54, 1.807) is 0 Å². The van der Waals surface area contributed by atoms with E-state index >= 15 is 0 Å². The van der Waals surface area contributed by atoms with Crippen molar-refractivity contribution in [2.75, 3.05) is 17.1 Å². The molecule has 0 aromatic heterocycles. The van der Waals surface area contributed by atoms with Crippen LogP contribution < -0.4 is 0 Å². The molecule has 2 atom stereocenters. The Kier molecular flexibility index (Phi) is 4.50. The monoisotopic (exact) mass is 220 g/mol. The predicted octanol–water partition coefficient (Wildman–Crippen LogP) is 4.09. The molecule has 80 valence electrons. The van der Waals surface area contributed by atoms with Gasteiger partial charge in [-0.2, -0.15) is 0 Å². The number of hydrogen-bond acceptors (Lipinski definition) is 1. The van der Waals surface area contributed by atoms with Crippen LogP contribution in [-0.2, 0) is 0 Å². The minimum Gasteiger partial charge on any atom is -0.233 e. The van der Waals surface area contributed by atoms with Crippen molar-refractivity contribution in [1.82, 2.24) is 0 Å². The average Bonchev–Trinajstić information content (AvgIpc) is 2.96. The lowest BCUT2D eigenvalue weighted by Crippen LogP contribution is -2.17. The van der Waals surface area contributed by atoms with Gasteiger partial charge in [-0.05, 0) is 36.5 Å². The van der Waals surface area contributed by atoms with Crippen LogP contribution in [0.3, 0.4) is 0 Å². The standard InChI is InChI=1S/C11H24S2/c1-5-10(3)13(4,6-2)9-12-11-7-8-11/h10-11H,5-9H2,1-4H3. The van der Waals surface area contributed by atoms with Gasteiger partial charge in [0.05, 0.1) is 0 Å². The normalized spacial score (nSPS) is 26.5. The van der Waals surface area contributed by atoms with Gasteiger partial charge in [0.15, 0.2) is 0 Å². The highest BCUT2D eigenvalue weighted by Gasteiger charge is 2.28. The summed E-state index contributed by atoms with van der Waals surface area (Å²) in [7, 11) is -0.298. The molecule has 0 aromatic rings. The Morgan fingerprint density at radius 3 is 2.38 bits per heavy atom. The first-order valence-corrected chi connectivity index (χ1v) is 8.95. The molecule has 0 spiro atoms. The van der Waals surface area contributed by atoms with Gasteiger partial charge < -0.3 is 0 Å². The lowest BCUT2D eigenvalue weighted by atomic mass is 10.4. The third-order valence-corrected chi connectivity index (χ3v) is 10.5. The maximum Gasteiger partial charge on any atom is 0.0238 e. The number of thioether (sulfide) groups is 1. The molecule has 2 unspecified atom stereocenters. The second-order valence-corrected chi connectivity index (χ2v) is 10.4. The van der Waals surface area contributed by atoms with E-state index in [1.807, 2.05) is 0 Å². The summed E-state index contributed by atoms with van der Waals surface area (Å²) in [5.74, 6) is 1.42. The van der Waals surface area contributed by atoms with Crippen LogP contribution in [0.2, 0.25) is 0 Å². The third-order valence-electron chi connectivity index (χ3n) is 3.30. The van der Waals surface area contributed by atoms with Gasteiger partial charge in [-0.15, -0.1) is 11.8 Å². The van der Waals surface area contributed by atoms with Crippen molar-refractivity contribution in [1.29, 1.82) is 0 Å². The van der Waals surface area contributed by atoms with Crippen LogP contribution >= 0.6 is 21.8 Å². The topological polar surface area (TPSA) is 0 Å². The minimum atomic E-state index is -0.298. The molecule has 0 aromatic carbocycles. The molecule has 1 fully saturated rings. The molecule has 0 heterocycles. The largest absolute Gasteiger partial charge is 0.233 e. The first kappa shape index (κ1) is 11.8. The Morgan fingerprint density at radius 1 is 1.38 bits per heavy atom. The van der Waals surface area contributed by atoms with E-state index < -0.39 is 0 Å². The number of rotatable bonds is 6. The molecule has 13 heavy (non-hydrogen) atoms. The third kappa shape index (κ3) is 3.39. The van der Waals surface area contributed by atoms with Crippen molar-refractivity contribution >= 4 is 21.8 Å².